The molecule has 21 heavy (non-hydrogen) atoms. The van der Waals surface area contributed by atoms with E-state index in [9.17, 15) is 8.78 Å². The lowest BCUT2D eigenvalue weighted by Gasteiger charge is -2.15. The summed E-state index contributed by atoms with van der Waals surface area (Å²) < 4.78 is 27.4. The second-order valence-electron chi connectivity index (χ2n) is 4.69. The molecule has 0 nitrogen and oxygen atoms in total. The maximum Gasteiger partial charge on any atom is 0.142 e. The fraction of sp³-hybridized carbons (Fsp3) is 0.0588. The van der Waals surface area contributed by atoms with Crippen LogP contribution < -0.4 is 0 Å². The number of hydrogen-bond acceptors (Lipinski definition) is 0. The van der Waals surface area contributed by atoms with Crippen molar-refractivity contribution < 1.29 is 8.78 Å². The van der Waals surface area contributed by atoms with E-state index in [0.29, 0.717) is 21.9 Å². The highest BCUT2D eigenvalue weighted by Gasteiger charge is 2.19. The van der Waals surface area contributed by atoms with Gasteiger partial charge in [0.2, 0.25) is 0 Å². The molecule has 0 aromatic heterocycles. The first kappa shape index (κ1) is 14.3. The van der Waals surface area contributed by atoms with E-state index in [0.717, 1.165) is 0 Å². The zero-order valence-corrected chi connectivity index (χ0v) is 12.3. The summed E-state index contributed by atoms with van der Waals surface area (Å²) in [5.74, 6) is -0.838. The van der Waals surface area contributed by atoms with Crippen LogP contribution in [0.2, 0.25) is 5.02 Å². The monoisotopic (exact) mass is 322 g/mol. The van der Waals surface area contributed by atoms with E-state index in [1.165, 1.54) is 12.1 Å². The van der Waals surface area contributed by atoms with Crippen LogP contribution in [0.5, 0.6) is 0 Å². The van der Waals surface area contributed by atoms with Crippen molar-refractivity contribution in [1.29, 1.82) is 0 Å². The number of rotatable bonds is 2. The van der Waals surface area contributed by atoms with E-state index in [2.05, 4.69) is 0 Å². The molecule has 0 aliphatic heterocycles. The minimum Gasteiger partial charge on any atom is -0.206 e. The molecule has 0 fully saturated rings. The van der Waals surface area contributed by atoms with Crippen LogP contribution in [0.3, 0.4) is 0 Å². The van der Waals surface area contributed by atoms with E-state index < -0.39 is 11.2 Å². The molecule has 0 amide bonds. The first-order chi connectivity index (χ1) is 10.1. The molecule has 1 unspecified atom stereocenters. The lowest BCUT2D eigenvalue weighted by molar-refractivity contribution is 0.626. The molecule has 0 bridgehead atoms. The lowest BCUT2D eigenvalue weighted by Crippen LogP contribution is -1.98. The summed E-state index contributed by atoms with van der Waals surface area (Å²) in [5.41, 5.74) is 1.16. The van der Waals surface area contributed by atoms with Crippen molar-refractivity contribution in [1.82, 2.24) is 0 Å². The SMILES string of the molecule is Fc1cccc(C(Cl)c2ccc(F)c3ccccc23)c1Cl. The molecule has 3 aromatic rings. The highest BCUT2D eigenvalue weighted by atomic mass is 35.5. The average Bonchev–Trinajstić information content (AvgIpc) is 2.50. The molecule has 0 aliphatic carbocycles. The summed E-state index contributed by atoms with van der Waals surface area (Å²) in [6.07, 6.45) is 0. The molecule has 0 heterocycles. The molecule has 0 spiro atoms. The molecule has 0 saturated heterocycles. The van der Waals surface area contributed by atoms with E-state index >= 15 is 0 Å². The predicted molar refractivity (Wildman–Crippen MR) is 83.0 cm³/mol. The van der Waals surface area contributed by atoms with Gasteiger partial charge < -0.3 is 0 Å². The van der Waals surface area contributed by atoms with Crippen LogP contribution >= 0.6 is 23.2 Å². The van der Waals surface area contributed by atoms with Crippen LogP contribution in [0.15, 0.2) is 54.6 Å². The van der Waals surface area contributed by atoms with E-state index in [1.54, 1.807) is 36.4 Å². The quantitative estimate of drug-likeness (QED) is 0.500. The third kappa shape index (κ3) is 2.50. The molecular weight excluding hydrogens is 313 g/mol. The highest BCUT2D eigenvalue weighted by molar-refractivity contribution is 6.33. The largest absolute Gasteiger partial charge is 0.206 e. The molecule has 1 atom stereocenters. The fourth-order valence-electron chi connectivity index (χ4n) is 2.39. The Bertz CT molecular complexity index is 815. The summed E-state index contributed by atoms with van der Waals surface area (Å²) in [6, 6.07) is 14.5. The molecule has 0 N–H and O–H groups in total. The van der Waals surface area contributed by atoms with Crippen LogP contribution in [0, 0.1) is 11.6 Å². The van der Waals surface area contributed by atoms with Crippen LogP contribution in [-0.2, 0) is 0 Å². The minimum absolute atomic E-state index is 0.00842. The first-order valence-electron chi connectivity index (χ1n) is 6.34. The Labute approximate surface area is 130 Å². The maximum absolute atomic E-state index is 13.8. The summed E-state index contributed by atoms with van der Waals surface area (Å²) in [6.45, 7) is 0. The van der Waals surface area contributed by atoms with Gasteiger partial charge in [-0.15, -0.1) is 11.6 Å². The molecule has 4 heteroatoms. The van der Waals surface area contributed by atoms with Crippen molar-refractivity contribution in [2.45, 2.75) is 5.38 Å². The van der Waals surface area contributed by atoms with Crippen LogP contribution in [0.4, 0.5) is 8.78 Å². The zero-order valence-electron chi connectivity index (χ0n) is 10.8. The fourth-order valence-corrected chi connectivity index (χ4v) is 3.05. The van der Waals surface area contributed by atoms with Gasteiger partial charge in [-0.3, -0.25) is 0 Å². The zero-order chi connectivity index (χ0) is 15.0. The average molecular weight is 323 g/mol. The van der Waals surface area contributed by atoms with Gasteiger partial charge in [0.1, 0.15) is 11.6 Å². The van der Waals surface area contributed by atoms with Crippen LogP contribution in [-0.4, -0.2) is 0 Å². The van der Waals surface area contributed by atoms with Crippen molar-refractivity contribution in [2.75, 3.05) is 0 Å². The molecule has 3 aromatic carbocycles. The third-order valence-corrected chi connectivity index (χ3v) is 4.30. The summed E-state index contributed by atoms with van der Waals surface area (Å²) in [5, 5.41) is 0.510. The van der Waals surface area contributed by atoms with E-state index in [1.807, 2.05) is 6.07 Å². The van der Waals surface area contributed by atoms with Crippen molar-refractivity contribution >= 4 is 34.0 Å². The number of fused-ring (bicyclic) bond motifs is 1. The Morgan fingerprint density at radius 2 is 1.43 bits per heavy atom. The second-order valence-corrected chi connectivity index (χ2v) is 5.50. The molecular formula is C17H10Cl2F2. The van der Waals surface area contributed by atoms with Gasteiger partial charge in [-0.2, -0.15) is 0 Å². The van der Waals surface area contributed by atoms with Crippen molar-refractivity contribution in [2.24, 2.45) is 0 Å². The molecule has 0 saturated carbocycles. The summed E-state index contributed by atoms with van der Waals surface area (Å²) >= 11 is 12.5. The Morgan fingerprint density at radius 3 is 2.19 bits per heavy atom. The van der Waals surface area contributed by atoms with Gasteiger partial charge in [-0.05, 0) is 28.6 Å². The Morgan fingerprint density at radius 1 is 0.714 bits per heavy atom. The van der Waals surface area contributed by atoms with Gasteiger partial charge in [0.25, 0.3) is 0 Å². The number of hydrogen-bond donors (Lipinski definition) is 0. The number of alkyl halides is 1. The van der Waals surface area contributed by atoms with Crippen molar-refractivity contribution in [3.63, 3.8) is 0 Å². The van der Waals surface area contributed by atoms with Crippen molar-refractivity contribution in [3.05, 3.63) is 82.4 Å². The smallest absolute Gasteiger partial charge is 0.142 e. The molecule has 0 aliphatic rings. The minimum atomic E-state index is -0.654. The summed E-state index contributed by atoms with van der Waals surface area (Å²) in [7, 11) is 0. The number of benzene rings is 3. The van der Waals surface area contributed by atoms with Gasteiger partial charge in [-0.25, -0.2) is 8.78 Å². The molecule has 106 valence electrons. The van der Waals surface area contributed by atoms with Gasteiger partial charge in [0, 0.05) is 5.39 Å². The van der Waals surface area contributed by atoms with Gasteiger partial charge >= 0.3 is 0 Å². The highest BCUT2D eigenvalue weighted by Crippen LogP contribution is 2.38. The van der Waals surface area contributed by atoms with Crippen molar-refractivity contribution in [3.8, 4) is 0 Å². The Hall–Kier alpha value is -1.64. The maximum atomic E-state index is 13.8. The molecule has 3 rings (SSSR count). The normalized spacial score (nSPS) is 12.6. The van der Waals surface area contributed by atoms with E-state index in [4.69, 9.17) is 23.2 Å². The van der Waals surface area contributed by atoms with Gasteiger partial charge in [-0.1, -0.05) is 54.1 Å². The van der Waals surface area contributed by atoms with Gasteiger partial charge in [0.15, 0.2) is 0 Å². The van der Waals surface area contributed by atoms with Gasteiger partial charge in [0.05, 0.1) is 10.4 Å². The topological polar surface area (TPSA) is 0 Å². The predicted octanol–water partition coefficient (Wildman–Crippen LogP) is 6.10. The lowest BCUT2D eigenvalue weighted by atomic mass is 9.97. The Balaban J connectivity index is 2.21. The van der Waals surface area contributed by atoms with Crippen LogP contribution in [0.1, 0.15) is 16.5 Å². The Kier molecular flexibility index (Phi) is 3.83. The standard InChI is InChI=1S/C17H10Cl2F2/c18-16(13-6-3-7-15(21)17(13)19)12-8-9-14(20)11-5-2-1-4-10(11)12/h1-9,16H. The molecule has 0 radical (unpaired) electrons. The second kappa shape index (κ2) is 5.63. The van der Waals surface area contributed by atoms with E-state index in [-0.39, 0.29) is 10.8 Å². The summed E-state index contributed by atoms with van der Waals surface area (Å²) in [4.78, 5) is 0. The van der Waals surface area contributed by atoms with Crippen LogP contribution in [0.25, 0.3) is 10.8 Å². The first-order valence-corrected chi connectivity index (χ1v) is 7.16. The number of halogens is 4. The third-order valence-electron chi connectivity index (χ3n) is 3.43.